The summed E-state index contributed by atoms with van der Waals surface area (Å²) in [7, 11) is 0. The second-order valence-corrected chi connectivity index (χ2v) is 6.91. The minimum Gasteiger partial charge on any atom is -0.389 e. The lowest BCUT2D eigenvalue weighted by molar-refractivity contribution is 0.127. The molecule has 1 nitrogen and oxygen atoms in total. The molecule has 0 heterocycles. The Balaban J connectivity index is 2.14. The average Bonchev–Trinajstić information content (AvgIpc) is 2.26. The van der Waals surface area contributed by atoms with Crippen LogP contribution in [0.1, 0.15) is 65.7 Å². The Morgan fingerprint density at radius 2 is 2.00 bits per heavy atom. The third-order valence-electron chi connectivity index (χ3n) is 4.76. The maximum Gasteiger partial charge on any atom is 0.0728 e. The van der Waals surface area contributed by atoms with E-state index in [1.54, 1.807) is 5.57 Å². The molecule has 0 radical (unpaired) electrons. The van der Waals surface area contributed by atoms with Crippen molar-refractivity contribution >= 4 is 0 Å². The molecular formula is C16H28O. The quantitative estimate of drug-likeness (QED) is 0.708. The van der Waals surface area contributed by atoms with Gasteiger partial charge >= 0.3 is 0 Å². The summed E-state index contributed by atoms with van der Waals surface area (Å²) in [5, 5.41) is 10.0. The highest BCUT2D eigenvalue weighted by molar-refractivity contribution is 5.17. The monoisotopic (exact) mass is 236 g/mol. The van der Waals surface area contributed by atoms with Gasteiger partial charge in [-0.15, -0.1) is 0 Å². The molecule has 0 amide bonds. The van der Waals surface area contributed by atoms with Gasteiger partial charge in [0.25, 0.3) is 0 Å². The summed E-state index contributed by atoms with van der Waals surface area (Å²) in [6.45, 7) is 6.92. The van der Waals surface area contributed by atoms with Gasteiger partial charge in [0.15, 0.2) is 0 Å². The van der Waals surface area contributed by atoms with Gasteiger partial charge in [-0.1, -0.05) is 51.7 Å². The Morgan fingerprint density at radius 3 is 2.65 bits per heavy atom. The van der Waals surface area contributed by atoms with Gasteiger partial charge in [0.2, 0.25) is 0 Å². The van der Waals surface area contributed by atoms with Crippen LogP contribution in [0.3, 0.4) is 0 Å². The second-order valence-electron chi connectivity index (χ2n) is 6.91. The molecular weight excluding hydrogens is 208 g/mol. The minimum absolute atomic E-state index is 0.201. The van der Waals surface area contributed by atoms with Gasteiger partial charge in [0.1, 0.15) is 0 Å². The zero-order valence-corrected chi connectivity index (χ0v) is 11.7. The molecule has 0 saturated heterocycles. The summed E-state index contributed by atoms with van der Waals surface area (Å²) in [5.74, 6) is 1.64. The summed E-state index contributed by atoms with van der Waals surface area (Å²) in [5.41, 5.74) is 1.86. The van der Waals surface area contributed by atoms with Crippen LogP contribution in [0.25, 0.3) is 0 Å². The van der Waals surface area contributed by atoms with E-state index in [2.05, 4.69) is 26.8 Å². The Labute approximate surface area is 106 Å². The first kappa shape index (κ1) is 13.1. The second kappa shape index (κ2) is 5.14. The molecule has 1 heteroatoms. The van der Waals surface area contributed by atoms with Crippen molar-refractivity contribution < 1.29 is 5.11 Å². The normalized spacial score (nSPS) is 37.6. The predicted molar refractivity (Wildman–Crippen MR) is 72.8 cm³/mol. The van der Waals surface area contributed by atoms with E-state index in [1.807, 2.05) is 0 Å². The number of rotatable bonds is 2. The van der Waals surface area contributed by atoms with E-state index in [9.17, 15) is 5.11 Å². The minimum atomic E-state index is -0.201. The Bertz CT molecular complexity index is 290. The molecule has 0 aromatic carbocycles. The molecule has 2 aliphatic rings. The fourth-order valence-corrected chi connectivity index (χ4v) is 4.00. The molecule has 1 fully saturated rings. The molecule has 3 unspecified atom stereocenters. The summed E-state index contributed by atoms with van der Waals surface area (Å²) in [6, 6.07) is 0. The maximum atomic E-state index is 10.0. The number of aliphatic hydroxyl groups is 1. The van der Waals surface area contributed by atoms with Crippen LogP contribution in [-0.4, -0.2) is 11.2 Å². The zero-order valence-electron chi connectivity index (χ0n) is 11.7. The highest BCUT2D eigenvalue weighted by Crippen LogP contribution is 2.44. The van der Waals surface area contributed by atoms with E-state index in [4.69, 9.17) is 0 Å². The van der Waals surface area contributed by atoms with Crippen molar-refractivity contribution in [2.75, 3.05) is 0 Å². The van der Waals surface area contributed by atoms with Crippen LogP contribution >= 0.6 is 0 Å². The third kappa shape index (κ3) is 3.13. The summed E-state index contributed by atoms with van der Waals surface area (Å²) >= 11 is 0. The smallest absolute Gasteiger partial charge is 0.0728 e. The van der Waals surface area contributed by atoms with E-state index in [0.29, 0.717) is 5.41 Å². The molecule has 0 aromatic heterocycles. The van der Waals surface area contributed by atoms with E-state index in [-0.39, 0.29) is 6.10 Å². The van der Waals surface area contributed by atoms with Crippen molar-refractivity contribution in [2.24, 2.45) is 17.3 Å². The molecule has 1 N–H and O–H groups in total. The van der Waals surface area contributed by atoms with Crippen molar-refractivity contribution in [1.29, 1.82) is 0 Å². The van der Waals surface area contributed by atoms with E-state index >= 15 is 0 Å². The standard InChI is InChI=1S/C16H28O/c1-4-12-7-5-6-8-15(12)13-9-14(17)11-16(2,3)10-13/h9,12,14-15,17H,4-8,10-11H2,1-3H3. The topological polar surface area (TPSA) is 20.2 Å². The molecule has 98 valence electrons. The highest BCUT2D eigenvalue weighted by atomic mass is 16.3. The largest absolute Gasteiger partial charge is 0.389 e. The molecule has 1 saturated carbocycles. The van der Waals surface area contributed by atoms with Crippen LogP contribution < -0.4 is 0 Å². The first-order valence-corrected chi connectivity index (χ1v) is 7.40. The number of allylic oxidation sites excluding steroid dienone is 1. The molecule has 17 heavy (non-hydrogen) atoms. The van der Waals surface area contributed by atoms with Gasteiger partial charge in [-0.3, -0.25) is 0 Å². The Hall–Kier alpha value is -0.300. The predicted octanol–water partition coefficient (Wildman–Crippen LogP) is 4.31. The number of hydrogen-bond donors (Lipinski definition) is 1. The third-order valence-corrected chi connectivity index (χ3v) is 4.76. The van der Waals surface area contributed by atoms with Crippen molar-refractivity contribution in [3.63, 3.8) is 0 Å². The van der Waals surface area contributed by atoms with E-state index in [1.165, 1.54) is 38.5 Å². The van der Waals surface area contributed by atoms with Crippen molar-refractivity contribution in [2.45, 2.75) is 71.8 Å². The fourth-order valence-electron chi connectivity index (χ4n) is 4.00. The zero-order chi connectivity index (χ0) is 12.5. The van der Waals surface area contributed by atoms with Crippen molar-refractivity contribution in [1.82, 2.24) is 0 Å². The van der Waals surface area contributed by atoms with Gasteiger partial charge in [-0.2, -0.15) is 0 Å². The fraction of sp³-hybridized carbons (Fsp3) is 0.875. The molecule has 0 spiro atoms. The number of hydrogen-bond acceptors (Lipinski definition) is 1. The van der Waals surface area contributed by atoms with Gasteiger partial charge < -0.3 is 5.11 Å². The van der Waals surface area contributed by atoms with Crippen LogP contribution in [-0.2, 0) is 0 Å². The van der Waals surface area contributed by atoms with Gasteiger partial charge in [-0.05, 0) is 42.9 Å². The maximum absolute atomic E-state index is 10.0. The summed E-state index contributed by atoms with van der Waals surface area (Å²) in [6.07, 6.45) is 11.0. The molecule has 0 aliphatic heterocycles. The van der Waals surface area contributed by atoms with Gasteiger partial charge in [0.05, 0.1) is 6.10 Å². The molecule has 2 rings (SSSR count). The molecule has 2 aliphatic carbocycles. The molecule has 3 atom stereocenters. The van der Waals surface area contributed by atoms with Crippen LogP contribution in [0.15, 0.2) is 11.6 Å². The molecule has 0 aromatic rings. The van der Waals surface area contributed by atoms with Crippen LogP contribution in [0.4, 0.5) is 0 Å². The first-order valence-electron chi connectivity index (χ1n) is 7.40. The highest BCUT2D eigenvalue weighted by Gasteiger charge is 2.34. The Kier molecular flexibility index (Phi) is 3.97. The molecule has 0 bridgehead atoms. The number of aliphatic hydroxyl groups excluding tert-OH is 1. The first-order chi connectivity index (χ1) is 8.02. The Morgan fingerprint density at radius 1 is 1.29 bits per heavy atom. The van der Waals surface area contributed by atoms with Gasteiger partial charge in [0, 0.05) is 0 Å². The van der Waals surface area contributed by atoms with Crippen LogP contribution in [0.5, 0.6) is 0 Å². The van der Waals surface area contributed by atoms with Crippen molar-refractivity contribution in [3.8, 4) is 0 Å². The van der Waals surface area contributed by atoms with E-state index in [0.717, 1.165) is 18.3 Å². The van der Waals surface area contributed by atoms with E-state index < -0.39 is 0 Å². The average molecular weight is 236 g/mol. The van der Waals surface area contributed by atoms with Gasteiger partial charge in [-0.25, -0.2) is 0 Å². The lowest BCUT2D eigenvalue weighted by Gasteiger charge is -2.40. The summed E-state index contributed by atoms with van der Waals surface area (Å²) in [4.78, 5) is 0. The van der Waals surface area contributed by atoms with Crippen LogP contribution in [0.2, 0.25) is 0 Å². The lowest BCUT2D eigenvalue weighted by atomic mass is 9.66. The summed E-state index contributed by atoms with van der Waals surface area (Å²) < 4.78 is 0. The SMILES string of the molecule is CCC1CCCCC1C1=CC(O)CC(C)(C)C1. The lowest BCUT2D eigenvalue weighted by Crippen LogP contribution is -2.30. The van der Waals surface area contributed by atoms with Crippen molar-refractivity contribution in [3.05, 3.63) is 11.6 Å². The van der Waals surface area contributed by atoms with Crippen LogP contribution in [0, 0.1) is 17.3 Å².